The monoisotopic (exact) mass is 393 g/mol. The third-order valence-corrected chi connectivity index (χ3v) is 5.15. The Kier molecular flexibility index (Phi) is 6.65. The van der Waals surface area contributed by atoms with Crippen molar-refractivity contribution < 1.29 is 14.4 Å². The summed E-state index contributed by atoms with van der Waals surface area (Å²) in [5, 5.41) is 2.87. The molecule has 0 bridgehead atoms. The van der Waals surface area contributed by atoms with Crippen LogP contribution >= 0.6 is 0 Å². The SMILES string of the molecule is CCN(CC)C(=O)c1cccc(NC(=O)c2cccc(CN3CCCC3=O)c2)c1. The van der Waals surface area contributed by atoms with Gasteiger partial charge in [0, 0.05) is 49.4 Å². The summed E-state index contributed by atoms with van der Waals surface area (Å²) in [6, 6.07) is 14.3. The van der Waals surface area contributed by atoms with E-state index < -0.39 is 0 Å². The Morgan fingerprint density at radius 2 is 1.76 bits per heavy atom. The van der Waals surface area contributed by atoms with E-state index in [1.165, 1.54) is 0 Å². The Bertz CT molecular complexity index is 906. The number of nitrogens with zero attached hydrogens (tertiary/aromatic N) is 2. The molecule has 0 atom stereocenters. The maximum atomic E-state index is 12.7. The normalized spacial score (nSPS) is 13.4. The standard InChI is InChI=1S/C23H27N3O3/c1-3-25(4-2)23(29)19-10-6-11-20(15-19)24-22(28)18-9-5-8-17(14-18)16-26-13-7-12-21(26)27/h5-6,8-11,14-15H,3-4,7,12-13,16H2,1-2H3,(H,24,28). The number of likely N-dealkylation sites (tertiary alicyclic amines) is 1. The number of nitrogens with one attached hydrogen (secondary N) is 1. The maximum absolute atomic E-state index is 12.7. The smallest absolute Gasteiger partial charge is 0.255 e. The highest BCUT2D eigenvalue weighted by atomic mass is 16.2. The van der Waals surface area contributed by atoms with Gasteiger partial charge >= 0.3 is 0 Å². The Balaban J connectivity index is 1.70. The fourth-order valence-electron chi connectivity index (χ4n) is 3.53. The molecular formula is C23H27N3O3. The number of hydrogen-bond donors (Lipinski definition) is 1. The fraction of sp³-hybridized carbons (Fsp3) is 0.348. The Hall–Kier alpha value is -3.15. The van der Waals surface area contributed by atoms with Crippen LogP contribution in [-0.2, 0) is 11.3 Å². The van der Waals surface area contributed by atoms with E-state index in [1.54, 1.807) is 35.2 Å². The van der Waals surface area contributed by atoms with Crippen molar-refractivity contribution in [2.45, 2.75) is 33.2 Å². The second kappa shape index (κ2) is 9.37. The molecule has 0 aromatic heterocycles. The molecule has 1 saturated heterocycles. The zero-order valence-corrected chi connectivity index (χ0v) is 17.0. The lowest BCUT2D eigenvalue weighted by atomic mass is 10.1. The minimum Gasteiger partial charge on any atom is -0.339 e. The lowest BCUT2D eigenvalue weighted by Crippen LogP contribution is -2.30. The zero-order valence-electron chi connectivity index (χ0n) is 17.0. The Morgan fingerprint density at radius 1 is 1.03 bits per heavy atom. The van der Waals surface area contributed by atoms with E-state index >= 15 is 0 Å². The zero-order chi connectivity index (χ0) is 20.8. The molecule has 1 N–H and O–H groups in total. The molecule has 1 fully saturated rings. The molecule has 0 aliphatic carbocycles. The summed E-state index contributed by atoms with van der Waals surface area (Å²) in [6.45, 7) is 6.44. The van der Waals surface area contributed by atoms with Gasteiger partial charge < -0.3 is 15.1 Å². The van der Waals surface area contributed by atoms with Crippen molar-refractivity contribution in [1.29, 1.82) is 0 Å². The molecule has 0 unspecified atom stereocenters. The van der Waals surface area contributed by atoms with Crippen molar-refractivity contribution in [2.24, 2.45) is 0 Å². The molecule has 1 aliphatic heterocycles. The Morgan fingerprint density at radius 3 is 2.45 bits per heavy atom. The molecule has 1 aliphatic rings. The first-order valence-corrected chi connectivity index (χ1v) is 10.1. The van der Waals surface area contributed by atoms with Crippen LogP contribution in [0.25, 0.3) is 0 Å². The topological polar surface area (TPSA) is 69.7 Å². The van der Waals surface area contributed by atoms with Crippen LogP contribution in [0.1, 0.15) is 53.0 Å². The van der Waals surface area contributed by atoms with Crippen molar-refractivity contribution in [3.63, 3.8) is 0 Å². The third-order valence-electron chi connectivity index (χ3n) is 5.15. The number of carbonyl (C=O) groups is 3. The largest absolute Gasteiger partial charge is 0.339 e. The Labute approximate surface area is 171 Å². The number of benzene rings is 2. The highest BCUT2D eigenvalue weighted by Gasteiger charge is 2.20. The van der Waals surface area contributed by atoms with E-state index in [0.29, 0.717) is 42.9 Å². The van der Waals surface area contributed by atoms with Crippen LogP contribution in [0.4, 0.5) is 5.69 Å². The number of anilines is 1. The molecule has 3 rings (SSSR count). The second-order valence-electron chi connectivity index (χ2n) is 7.13. The lowest BCUT2D eigenvalue weighted by molar-refractivity contribution is -0.128. The lowest BCUT2D eigenvalue weighted by Gasteiger charge is -2.19. The fourth-order valence-corrected chi connectivity index (χ4v) is 3.53. The van der Waals surface area contributed by atoms with Gasteiger partial charge in [-0.2, -0.15) is 0 Å². The first kappa shape index (κ1) is 20.6. The van der Waals surface area contributed by atoms with Crippen LogP contribution in [0.2, 0.25) is 0 Å². The molecule has 2 aromatic carbocycles. The summed E-state index contributed by atoms with van der Waals surface area (Å²) in [6.07, 6.45) is 1.49. The van der Waals surface area contributed by atoms with E-state index in [1.807, 2.05) is 36.9 Å². The quantitative estimate of drug-likeness (QED) is 0.782. The van der Waals surface area contributed by atoms with Gasteiger partial charge in [-0.3, -0.25) is 14.4 Å². The average molecular weight is 393 g/mol. The molecule has 2 aromatic rings. The predicted molar refractivity (Wildman–Crippen MR) is 113 cm³/mol. The van der Waals surface area contributed by atoms with Crippen LogP contribution in [0, 0.1) is 0 Å². The number of rotatable bonds is 7. The minimum absolute atomic E-state index is 0.0524. The second-order valence-corrected chi connectivity index (χ2v) is 7.13. The van der Waals surface area contributed by atoms with E-state index in [0.717, 1.165) is 18.5 Å². The van der Waals surface area contributed by atoms with Crippen molar-refractivity contribution in [2.75, 3.05) is 25.0 Å². The van der Waals surface area contributed by atoms with Crippen LogP contribution in [0.5, 0.6) is 0 Å². The van der Waals surface area contributed by atoms with Gasteiger partial charge in [0.25, 0.3) is 11.8 Å². The molecule has 0 saturated carbocycles. The highest BCUT2D eigenvalue weighted by Crippen LogP contribution is 2.17. The van der Waals surface area contributed by atoms with E-state index in [-0.39, 0.29) is 17.7 Å². The van der Waals surface area contributed by atoms with E-state index in [4.69, 9.17) is 0 Å². The van der Waals surface area contributed by atoms with Gasteiger partial charge in [-0.15, -0.1) is 0 Å². The summed E-state index contributed by atoms with van der Waals surface area (Å²) in [5.41, 5.74) is 2.58. The number of amides is 3. The molecule has 152 valence electrons. The summed E-state index contributed by atoms with van der Waals surface area (Å²) in [7, 11) is 0. The average Bonchev–Trinajstić information content (AvgIpc) is 3.13. The minimum atomic E-state index is -0.243. The first-order chi connectivity index (χ1) is 14.0. The third kappa shape index (κ3) is 5.02. The van der Waals surface area contributed by atoms with Crippen molar-refractivity contribution in [3.8, 4) is 0 Å². The molecule has 0 radical (unpaired) electrons. The first-order valence-electron chi connectivity index (χ1n) is 10.1. The summed E-state index contributed by atoms with van der Waals surface area (Å²) in [4.78, 5) is 40.6. The maximum Gasteiger partial charge on any atom is 0.255 e. The molecular weight excluding hydrogens is 366 g/mol. The molecule has 3 amide bonds. The molecule has 6 heteroatoms. The van der Waals surface area contributed by atoms with Crippen LogP contribution in [-0.4, -0.2) is 47.2 Å². The van der Waals surface area contributed by atoms with E-state index in [2.05, 4.69) is 5.32 Å². The molecule has 29 heavy (non-hydrogen) atoms. The van der Waals surface area contributed by atoms with Crippen molar-refractivity contribution >= 4 is 23.4 Å². The van der Waals surface area contributed by atoms with Crippen LogP contribution in [0.3, 0.4) is 0 Å². The number of carbonyl (C=O) groups excluding carboxylic acids is 3. The van der Waals surface area contributed by atoms with Gasteiger partial charge in [0.2, 0.25) is 5.91 Å². The molecule has 0 spiro atoms. The van der Waals surface area contributed by atoms with Crippen molar-refractivity contribution in [1.82, 2.24) is 9.80 Å². The van der Waals surface area contributed by atoms with Gasteiger partial charge in [0.05, 0.1) is 0 Å². The van der Waals surface area contributed by atoms with Gasteiger partial charge in [-0.25, -0.2) is 0 Å². The molecule has 6 nitrogen and oxygen atoms in total. The van der Waals surface area contributed by atoms with Gasteiger partial charge in [-0.1, -0.05) is 18.2 Å². The highest BCUT2D eigenvalue weighted by molar-refractivity contribution is 6.05. The number of hydrogen-bond acceptors (Lipinski definition) is 3. The summed E-state index contributed by atoms with van der Waals surface area (Å²) in [5.74, 6) is -0.134. The predicted octanol–water partition coefficient (Wildman–Crippen LogP) is 3.54. The van der Waals surface area contributed by atoms with Gasteiger partial charge in [0.15, 0.2) is 0 Å². The van der Waals surface area contributed by atoms with Crippen molar-refractivity contribution in [3.05, 3.63) is 65.2 Å². The van der Waals surface area contributed by atoms with Gasteiger partial charge in [-0.05, 0) is 56.2 Å². The van der Waals surface area contributed by atoms with Crippen LogP contribution in [0.15, 0.2) is 48.5 Å². The molecule has 1 heterocycles. The van der Waals surface area contributed by atoms with Gasteiger partial charge in [0.1, 0.15) is 0 Å². The summed E-state index contributed by atoms with van der Waals surface area (Å²) < 4.78 is 0. The van der Waals surface area contributed by atoms with Crippen LogP contribution < -0.4 is 5.32 Å². The van der Waals surface area contributed by atoms with E-state index in [9.17, 15) is 14.4 Å². The summed E-state index contributed by atoms with van der Waals surface area (Å²) >= 11 is 0.